The number of hydrogen-bond donors (Lipinski definition) is 1. The van der Waals surface area contributed by atoms with Crippen molar-refractivity contribution in [3.8, 4) is 0 Å². The number of pyridine rings is 1. The predicted molar refractivity (Wildman–Crippen MR) is 89.2 cm³/mol. The summed E-state index contributed by atoms with van der Waals surface area (Å²) in [6.45, 7) is 7.72. The van der Waals surface area contributed by atoms with E-state index in [9.17, 15) is 0 Å². The molecule has 2 aromatic heterocycles. The molecule has 1 saturated heterocycles. The lowest BCUT2D eigenvalue weighted by Crippen LogP contribution is -2.38. The molecule has 2 aromatic rings. The van der Waals surface area contributed by atoms with Crippen molar-refractivity contribution in [2.45, 2.75) is 52.1 Å². The molecule has 114 valence electrons. The van der Waals surface area contributed by atoms with Gasteiger partial charge in [0.25, 0.3) is 0 Å². The van der Waals surface area contributed by atoms with Crippen molar-refractivity contribution in [3.63, 3.8) is 0 Å². The van der Waals surface area contributed by atoms with E-state index in [2.05, 4.69) is 32.4 Å². The summed E-state index contributed by atoms with van der Waals surface area (Å²) in [5, 5.41) is 0. The van der Waals surface area contributed by atoms with Gasteiger partial charge in [-0.2, -0.15) is 0 Å². The number of aromatic amines is 1. The van der Waals surface area contributed by atoms with Crippen LogP contribution in [-0.4, -0.2) is 38.6 Å². The normalized spacial score (nSPS) is 20.2. The lowest BCUT2D eigenvalue weighted by Gasteiger charge is -2.33. The van der Waals surface area contributed by atoms with Crippen LogP contribution in [-0.2, 0) is 6.54 Å². The van der Waals surface area contributed by atoms with Crippen LogP contribution >= 0.6 is 12.2 Å². The molecule has 0 spiro atoms. The van der Waals surface area contributed by atoms with Gasteiger partial charge in [0.05, 0.1) is 5.52 Å². The number of likely N-dealkylation sites (tertiary alicyclic amines) is 1. The van der Waals surface area contributed by atoms with Crippen molar-refractivity contribution in [2.75, 3.05) is 13.1 Å². The summed E-state index contributed by atoms with van der Waals surface area (Å²) < 4.78 is 2.93. The molecule has 0 bridgehead atoms. The van der Waals surface area contributed by atoms with E-state index in [0.29, 0.717) is 0 Å². The maximum atomic E-state index is 5.44. The fraction of sp³-hybridized carbons (Fsp3) is 0.625. The fourth-order valence-corrected chi connectivity index (χ4v) is 3.54. The fourth-order valence-electron chi connectivity index (χ4n) is 3.25. The zero-order valence-corrected chi connectivity index (χ0v) is 13.7. The maximum absolute atomic E-state index is 5.44. The summed E-state index contributed by atoms with van der Waals surface area (Å²) in [6, 6.07) is 4.82. The summed E-state index contributed by atoms with van der Waals surface area (Å²) in [7, 11) is 0. The predicted octanol–water partition coefficient (Wildman–Crippen LogP) is 3.67. The molecule has 21 heavy (non-hydrogen) atoms. The molecule has 3 rings (SSSR count). The van der Waals surface area contributed by atoms with Crippen molar-refractivity contribution >= 4 is 23.4 Å². The van der Waals surface area contributed by atoms with Gasteiger partial charge in [-0.15, -0.1) is 0 Å². The molecule has 3 heterocycles. The Bertz CT molecular complexity index is 672. The summed E-state index contributed by atoms with van der Waals surface area (Å²) in [5.41, 5.74) is 3.07. The van der Waals surface area contributed by atoms with Gasteiger partial charge in [-0.1, -0.05) is 6.42 Å². The molecule has 1 N–H and O–H groups in total. The van der Waals surface area contributed by atoms with Crippen molar-refractivity contribution < 1.29 is 0 Å². The third-order valence-corrected chi connectivity index (χ3v) is 4.85. The number of nitrogens with zero attached hydrogens (tertiary/aromatic N) is 3. The van der Waals surface area contributed by atoms with Gasteiger partial charge < -0.3 is 14.5 Å². The molecule has 1 atom stereocenters. The Hall–Kier alpha value is -1.20. The second-order valence-electron chi connectivity index (χ2n) is 6.14. The molecule has 0 aliphatic carbocycles. The molecule has 0 saturated carbocycles. The molecular weight excluding hydrogens is 280 g/mol. The van der Waals surface area contributed by atoms with E-state index < -0.39 is 0 Å². The Morgan fingerprint density at radius 3 is 3.00 bits per heavy atom. The van der Waals surface area contributed by atoms with Crippen LogP contribution in [0.4, 0.5) is 0 Å². The Kier molecular flexibility index (Phi) is 4.40. The first-order valence-electron chi connectivity index (χ1n) is 7.95. The molecule has 1 unspecified atom stereocenters. The number of rotatable bonds is 4. The Labute approximate surface area is 131 Å². The highest BCUT2D eigenvalue weighted by molar-refractivity contribution is 7.71. The summed E-state index contributed by atoms with van der Waals surface area (Å²) in [6.07, 6.45) is 5.19. The summed E-state index contributed by atoms with van der Waals surface area (Å²) >= 11 is 5.44. The average Bonchev–Trinajstić information content (AvgIpc) is 2.77. The Balaban J connectivity index is 1.69. The first kappa shape index (κ1) is 14.7. The number of hydrogen-bond acceptors (Lipinski definition) is 3. The third-order valence-electron chi connectivity index (χ3n) is 4.52. The van der Waals surface area contributed by atoms with Crippen LogP contribution in [0.5, 0.6) is 0 Å². The zero-order chi connectivity index (χ0) is 14.8. The van der Waals surface area contributed by atoms with Gasteiger partial charge >= 0.3 is 0 Å². The van der Waals surface area contributed by atoms with Crippen LogP contribution in [0.25, 0.3) is 11.2 Å². The van der Waals surface area contributed by atoms with Crippen LogP contribution in [0.1, 0.15) is 38.3 Å². The van der Waals surface area contributed by atoms with Crippen LogP contribution in [0.3, 0.4) is 0 Å². The number of piperidine rings is 1. The number of nitrogens with one attached hydrogen (secondary N) is 1. The number of fused-ring (bicyclic) bond motifs is 1. The lowest BCUT2D eigenvalue weighted by atomic mass is 10.0. The number of H-pyrrole nitrogens is 1. The molecule has 1 aliphatic heterocycles. The van der Waals surface area contributed by atoms with Crippen molar-refractivity contribution in [2.24, 2.45) is 0 Å². The average molecular weight is 304 g/mol. The van der Waals surface area contributed by atoms with Crippen molar-refractivity contribution in [1.82, 2.24) is 19.4 Å². The quantitative estimate of drug-likeness (QED) is 0.876. The van der Waals surface area contributed by atoms with Crippen LogP contribution in [0, 0.1) is 11.7 Å². The first-order chi connectivity index (χ1) is 10.1. The maximum Gasteiger partial charge on any atom is 0.179 e. The highest BCUT2D eigenvalue weighted by Crippen LogP contribution is 2.17. The van der Waals surface area contributed by atoms with E-state index in [1.165, 1.54) is 25.8 Å². The van der Waals surface area contributed by atoms with Crippen LogP contribution in [0.15, 0.2) is 12.1 Å². The van der Waals surface area contributed by atoms with Crippen LogP contribution < -0.4 is 0 Å². The Morgan fingerprint density at radius 2 is 2.19 bits per heavy atom. The Morgan fingerprint density at radius 1 is 1.33 bits per heavy atom. The molecule has 1 fully saturated rings. The van der Waals surface area contributed by atoms with E-state index in [4.69, 9.17) is 12.2 Å². The van der Waals surface area contributed by atoms with Gasteiger partial charge in [0.15, 0.2) is 10.4 Å². The highest BCUT2D eigenvalue weighted by Gasteiger charge is 2.17. The zero-order valence-electron chi connectivity index (χ0n) is 12.9. The van der Waals surface area contributed by atoms with E-state index in [1.54, 1.807) is 0 Å². The largest absolute Gasteiger partial charge is 0.329 e. The van der Waals surface area contributed by atoms with E-state index in [0.717, 1.165) is 47.2 Å². The standard InChI is InChI=1S/C16H24N4S/c1-12-7-8-14-15(17-12)20(16(21)18-14)11-5-10-19-9-4-3-6-13(19)2/h7-8,13H,3-6,9-11H2,1-2H3,(H,18,21). The molecule has 1 aliphatic rings. The molecular formula is C16H24N4S. The topological polar surface area (TPSA) is 36.9 Å². The van der Waals surface area contributed by atoms with E-state index in [1.807, 2.05) is 13.0 Å². The first-order valence-corrected chi connectivity index (χ1v) is 8.36. The summed E-state index contributed by atoms with van der Waals surface area (Å²) in [4.78, 5) is 10.5. The van der Waals surface area contributed by atoms with Gasteiger partial charge in [-0.25, -0.2) is 4.98 Å². The van der Waals surface area contributed by atoms with E-state index >= 15 is 0 Å². The van der Waals surface area contributed by atoms with Gasteiger partial charge in [-0.3, -0.25) is 0 Å². The molecule has 0 aromatic carbocycles. The minimum absolute atomic E-state index is 0.732. The second kappa shape index (κ2) is 6.28. The third kappa shape index (κ3) is 3.19. The molecule has 5 heteroatoms. The number of aryl methyl sites for hydroxylation is 2. The lowest BCUT2D eigenvalue weighted by molar-refractivity contribution is 0.157. The van der Waals surface area contributed by atoms with Crippen LogP contribution in [0.2, 0.25) is 0 Å². The van der Waals surface area contributed by atoms with Gasteiger partial charge in [0.2, 0.25) is 0 Å². The molecule has 0 amide bonds. The molecule has 0 radical (unpaired) electrons. The smallest absolute Gasteiger partial charge is 0.179 e. The minimum atomic E-state index is 0.732. The number of imidazole rings is 1. The van der Waals surface area contributed by atoms with Gasteiger partial charge in [-0.05, 0) is 64.0 Å². The summed E-state index contributed by atoms with van der Waals surface area (Å²) in [5.74, 6) is 0. The van der Waals surface area contributed by atoms with Crippen molar-refractivity contribution in [3.05, 3.63) is 22.6 Å². The minimum Gasteiger partial charge on any atom is -0.329 e. The SMILES string of the molecule is Cc1ccc2[nH]c(=S)n(CCCN3CCCCC3C)c2n1. The van der Waals surface area contributed by atoms with E-state index in [-0.39, 0.29) is 0 Å². The highest BCUT2D eigenvalue weighted by atomic mass is 32.1. The van der Waals surface area contributed by atoms with Gasteiger partial charge in [0.1, 0.15) is 0 Å². The molecule has 4 nitrogen and oxygen atoms in total. The second-order valence-corrected chi connectivity index (χ2v) is 6.53. The van der Waals surface area contributed by atoms with Crippen molar-refractivity contribution in [1.29, 1.82) is 0 Å². The number of aromatic nitrogens is 3. The van der Waals surface area contributed by atoms with Gasteiger partial charge in [0, 0.05) is 24.8 Å². The monoisotopic (exact) mass is 304 g/mol.